The van der Waals surface area contributed by atoms with Crippen LogP contribution in [0.25, 0.3) is 6.08 Å². The molecule has 11 rings (SSSR count). The first-order valence-corrected chi connectivity index (χ1v) is 50.0. The van der Waals surface area contributed by atoms with E-state index in [1.807, 2.05) is 125 Å². The molecule has 0 aliphatic carbocycles. The second-order valence-electron chi connectivity index (χ2n) is 35.5. The number of hydrogen-bond donors (Lipinski definition) is 0. The SMILES string of the molecule is C=CCOc1cc(/C=C/C[C@@H]2OC(C)(C)OC2C(/C=C\[C@@H](C)[C@@H](C)O[Si](c2ccccc2)(c2ccccc2)C(C)(C)C)OC(=O)c2ccccc2)c(C(C)=O)c(OCOC)c1.C=CCOc1cc(OCOC)c(C(C)=O)c(C(CC[C@@H]2OC(C)(C)OC2C(/C=C\[C@@H](C)[C@@H](C)O[Si](c2ccccc2)(c2ccccc2)C(C)(C)C)OC(=O)c2ccccc2)[Se]c2ccccc2)c1. The molecule has 0 amide bonds. The van der Waals surface area contributed by atoms with Gasteiger partial charge in [-0.15, -0.1) is 0 Å². The van der Waals surface area contributed by atoms with E-state index in [2.05, 4.69) is 204 Å². The van der Waals surface area contributed by atoms with Gasteiger partial charge in [0.05, 0.1) is 17.2 Å². The molecule has 18 nitrogen and oxygen atoms in total. The molecule has 21 heteroatoms. The van der Waals surface area contributed by atoms with E-state index in [1.165, 1.54) is 34.8 Å². The number of carbonyl (C=O) groups is 4. The summed E-state index contributed by atoms with van der Waals surface area (Å²) in [6.07, 6.45) is 12.1. The third kappa shape index (κ3) is 26.8. The van der Waals surface area contributed by atoms with E-state index in [9.17, 15) is 19.2 Å². The zero-order valence-corrected chi connectivity index (χ0v) is 81.8. The Labute approximate surface area is 773 Å². The average molecular weight is 1850 g/mol. The van der Waals surface area contributed by atoms with Crippen LogP contribution >= 0.6 is 0 Å². The Morgan fingerprint density at radius 1 is 0.465 bits per heavy atom. The first-order chi connectivity index (χ1) is 61.7. The fraction of sp³-hybridized carbons (Fsp3) is 0.370. The molecule has 684 valence electrons. The summed E-state index contributed by atoms with van der Waals surface area (Å²) in [4.78, 5) is 54.2. The molecule has 2 saturated heterocycles. The standard InChI is InChI=1S/C57H68O9SeSi.C51H62O9Si/c1-11-36-61-44-37-48(53(41(3)58)51(38-44)62-39-60-10)52(67-45-26-18-13-19-27-45)35-34-50-54(65-57(8,9)64-50)49(63-55(59)43-24-16-12-17-25-43)33-32-40(2)42(4)66-68(56(5,6)7,46-28-20-14-21-29-46)47-30-22-15-23-31-47;1-11-32-55-41-33-40(47(37(3)52)46(34-41)56-35-54-10)24-21-29-45-48(59-51(8,9)58-45)44(57-49(53)39-22-15-12-16-23-39)31-30-36(2)38(4)60-61(50(5,6)7,42-25-17-13-18-26-42)43-27-19-14-20-28-43/h11-33,37-38,40,42,49-50,52,54H,1,34-36,39H2,2-10H3;11-28,30-31,33-34,36,38,44-45,48H,1,29,32,35H2,2-10H3/b33-32-;24-21+,31-30-/t40-,42-,49?,50+,52?,54?;36-,38-,44?,45+,48?/m11/s1. The Morgan fingerprint density at radius 3 is 1.21 bits per heavy atom. The summed E-state index contributed by atoms with van der Waals surface area (Å²) in [7, 11) is -2.67. The van der Waals surface area contributed by atoms with Crippen LogP contribution in [0.1, 0.15) is 187 Å². The molecule has 9 aromatic carbocycles. The van der Waals surface area contributed by atoms with Crippen LogP contribution in [0.2, 0.25) is 10.1 Å². The van der Waals surface area contributed by atoms with Crippen LogP contribution in [0.5, 0.6) is 23.0 Å². The van der Waals surface area contributed by atoms with Gasteiger partial charge in [-0.3, -0.25) is 4.79 Å². The minimum atomic E-state index is -2.88. The number of rotatable bonds is 43. The van der Waals surface area contributed by atoms with Gasteiger partial charge in [-0.1, -0.05) is 219 Å². The van der Waals surface area contributed by atoms with Gasteiger partial charge in [0.1, 0.15) is 30.3 Å². The number of carbonyl (C=O) groups excluding carboxylic acids is 4. The molecule has 2 heterocycles. The Kier molecular flexibility index (Phi) is 36.8. The van der Waals surface area contributed by atoms with E-state index in [0.717, 1.165) is 10.0 Å². The van der Waals surface area contributed by atoms with Crippen LogP contribution in [0.15, 0.2) is 292 Å². The van der Waals surface area contributed by atoms with Gasteiger partial charge in [0.25, 0.3) is 8.32 Å². The maximum absolute atomic E-state index is 14.0. The fourth-order valence-electron chi connectivity index (χ4n) is 16.6. The van der Waals surface area contributed by atoms with Crippen molar-refractivity contribution in [3.8, 4) is 23.0 Å². The van der Waals surface area contributed by atoms with Crippen molar-refractivity contribution in [1.82, 2.24) is 0 Å². The van der Waals surface area contributed by atoms with Crippen LogP contribution in [0.3, 0.4) is 0 Å². The molecule has 0 aromatic heterocycles. The van der Waals surface area contributed by atoms with Gasteiger partial charge in [0.2, 0.25) is 0 Å². The van der Waals surface area contributed by atoms with Crippen molar-refractivity contribution in [3.63, 3.8) is 0 Å². The average Bonchev–Trinajstić information content (AvgIpc) is 1.03. The predicted octanol–water partition coefficient (Wildman–Crippen LogP) is 19.9. The van der Waals surface area contributed by atoms with Crippen molar-refractivity contribution in [1.29, 1.82) is 0 Å². The maximum atomic E-state index is 14.0. The fourth-order valence-corrected chi connectivity index (χ4v) is 28.7. The van der Waals surface area contributed by atoms with Crippen LogP contribution < -0.4 is 44.2 Å². The molecule has 0 saturated carbocycles. The summed E-state index contributed by atoms with van der Waals surface area (Å²) in [5.41, 5.74) is 3.15. The molecule has 5 unspecified atom stereocenters. The number of benzene rings is 9. The number of methoxy groups -OCH3 is 2. The summed E-state index contributed by atoms with van der Waals surface area (Å²) in [6, 6.07) is 77.8. The van der Waals surface area contributed by atoms with Crippen LogP contribution in [0.4, 0.5) is 0 Å². The molecular formula is C108H130O18SeSi2. The molecule has 129 heavy (non-hydrogen) atoms. The quantitative estimate of drug-likeness (QED) is 0.0115. The number of hydrogen-bond acceptors (Lipinski definition) is 18. The molecule has 9 aromatic rings. The van der Waals surface area contributed by atoms with Gasteiger partial charge in [-0.05, 0) is 101 Å². The van der Waals surface area contributed by atoms with E-state index in [4.69, 9.17) is 65.7 Å². The normalized spacial score (nSPS) is 17.9. The molecule has 0 radical (unpaired) electrons. The van der Waals surface area contributed by atoms with Crippen molar-refractivity contribution >= 4 is 86.4 Å². The Bertz CT molecular complexity index is 5100. The number of ether oxygens (including phenoxy) is 12. The molecule has 0 N–H and O–H groups in total. The third-order valence-corrected chi connectivity index (χ3v) is 35.9. The molecular weight excluding hydrogens is 1720 g/mol. The molecule has 11 atom stereocenters. The van der Waals surface area contributed by atoms with Crippen molar-refractivity contribution < 1.29 is 84.9 Å². The molecule has 2 aliphatic rings. The van der Waals surface area contributed by atoms with Gasteiger partial charge >= 0.3 is 323 Å². The number of esters is 2. The van der Waals surface area contributed by atoms with E-state index in [-0.39, 0.29) is 92.3 Å². The summed E-state index contributed by atoms with van der Waals surface area (Å²) >= 11 is -0.152. The summed E-state index contributed by atoms with van der Waals surface area (Å²) < 4.78 is 89.6. The summed E-state index contributed by atoms with van der Waals surface area (Å²) in [5.74, 6) is -1.61. The number of Topliss-reactive ketones (excluding diaryl/α,β-unsaturated/α-hetero) is 2. The van der Waals surface area contributed by atoms with Gasteiger partial charge in [-0.25, -0.2) is 4.79 Å². The number of ketones is 2. The predicted molar refractivity (Wildman–Crippen MR) is 519 cm³/mol. The Balaban J connectivity index is 0.000000270. The van der Waals surface area contributed by atoms with Crippen molar-refractivity contribution in [2.24, 2.45) is 11.8 Å². The monoisotopic (exact) mass is 1850 g/mol. The van der Waals surface area contributed by atoms with Crippen LogP contribution in [-0.4, -0.2) is 157 Å². The molecule has 0 bridgehead atoms. The molecule has 0 spiro atoms. The van der Waals surface area contributed by atoms with Crippen LogP contribution in [-0.2, 0) is 46.7 Å². The van der Waals surface area contributed by atoms with E-state index in [0.29, 0.717) is 70.1 Å². The van der Waals surface area contributed by atoms with Gasteiger partial charge in [0.15, 0.2) is 18.4 Å². The second kappa shape index (κ2) is 47.1. The van der Waals surface area contributed by atoms with Crippen molar-refractivity contribution in [2.75, 3.05) is 41.0 Å². The van der Waals surface area contributed by atoms with E-state index >= 15 is 0 Å². The molecule has 2 fully saturated rings. The first-order valence-electron chi connectivity index (χ1n) is 44.3. The Morgan fingerprint density at radius 2 is 0.829 bits per heavy atom. The zero-order chi connectivity index (χ0) is 93.1. The second-order valence-corrected chi connectivity index (χ2v) is 46.7. The zero-order valence-electron chi connectivity index (χ0n) is 78.1. The Hall–Kier alpha value is -10.2. The van der Waals surface area contributed by atoms with E-state index in [1.54, 1.807) is 80.8 Å². The van der Waals surface area contributed by atoms with Crippen molar-refractivity contribution in [3.05, 3.63) is 326 Å². The third-order valence-electron chi connectivity index (χ3n) is 22.9. The molecule has 2 aliphatic heterocycles. The van der Waals surface area contributed by atoms with Gasteiger partial charge in [-0.2, -0.15) is 0 Å². The van der Waals surface area contributed by atoms with Gasteiger partial charge < -0.3 is 32.8 Å². The first kappa shape index (κ1) is 101. The minimum absolute atomic E-state index is 0.0390. The topological polar surface area (TPSA) is 197 Å². The summed E-state index contributed by atoms with van der Waals surface area (Å²) in [5, 5.41) is 4.40. The van der Waals surface area contributed by atoms with Crippen LogP contribution in [0, 0.1) is 11.8 Å². The van der Waals surface area contributed by atoms with E-state index < -0.39 is 76.8 Å². The summed E-state index contributed by atoms with van der Waals surface area (Å²) in [6.45, 7) is 40.7. The van der Waals surface area contributed by atoms with Gasteiger partial charge in [0, 0.05) is 19.3 Å². The van der Waals surface area contributed by atoms with Crippen molar-refractivity contribution in [2.45, 2.75) is 205 Å².